The molecule has 98 valence electrons. The van der Waals surface area contributed by atoms with E-state index >= 15 is 0 Å². The first kappa shape index (κ1) is 11.4. The monoisotopic (exact) mass is 292 g/mol. The summed E-state index contributed by atoms with van der Waals surface area (Å²) in [4.78, 5) is 14.8. The quantitative estimate of drug-likeness (QED) is 0.646. The second-order valence-corrected chi connectivity index (χ2v) is 6.39. The fourth-order valence-corrected chi connectivity index (χ4v) is 4.55. The minimum Gasteiger partial charge on any atom is -0.279 e. The Morgan fingerprint density at radius 3 is 3.00 bits per heavy atom. The second-order valence-electron chi connectivity index (χ2n) is 4.92. The number of fused-ring (bicyclic) bond motifs is 5. The van der Waals surface area contributed by atoms with Crippen LogP contribution in [-0.4, -0.2) is 19.2 Å². The number of aryl methyl sites for hydroxylation is 3. The van der Waals surface area contributed by atoms with Gasteiger partial charge in [-0.3, -0.25) is 9.36 Å². The molecule has 0 amide bonds. The van der Waals surface area contributed by atoms with Gasteiger partial charge in [0.1, 0.15) is 4.83 Å². The summed E-state index contributed by atoms with van der Waals surface area (Å²) in [5, 5.41) is 7.77. The number of hydrogen-bond acceptors (Lipinski definition) is 4. The van der Waals surface area contributed by atoms with Crippen LogP contribution in [-0.2, 0) is 19.9 Å². The first-order chi connectivity index (χ1) is 9.18. The molecule has 0 bridgehead atoms. The molecule has 0 saturated carbocycles. The van der Waals surface area contributed by atoms with Crippen LogP contribution in [0.3, 0.4) is 0 Å². The predicted octanol–water partition coefficient (Wildman–Crippen LogP) is 2.18. The third-order valence-corrected chi connectivity index (χ3v) is 5.38. The van der Waals surface area contributed by atoms with Crippen molar-refractivity contribution in [1.82, 2.24) is 19.2 Å². The molecule has 0 atom stereocenters. The Kier molecular flexibility index (Phi) is 2.25. The SMILES string of the molecule is Cn1c(=O)c2c3c(sc2n2c(=S)[nH]nc12)CCCC3. The van der Waals surface area contributed by atoms with Crippen LogP contribution in [0.25, 0.3) is 16.0 Å². The number of aromatic nitrogens is 4. The van der Waals surface area contributed by atoms with Gasteiger partial charge in [0.05, 0.1) is 5.39 Å². The number of aromatic amines is 1. The highest BCUT2D eigenvalue weighted by Crippen LogP contribution is 2.34. The van der Waals surface area contributed by atoms with Gasteiger partial charge in [-0.25, -0.2) is 9.50 Å². The molecular weight excluding hydrogens is 280 g/mol. The van der Waals surface area contributed by atoms with Gasteiger partial charge in [0.2, 0.25) is 10.5 Å². The lowest BCUT2D eigenvalue weighted by molar-refractivity contribution is 0.699. The Bertz CT molecular complexity index is 927. The largest absolute Gasteiger partial charge is 0.279 e. The van der Waals surface area contributed by atoms with Crippen molar-refractivity contribution < 1.29 is 0 Å². The highest BCUT2D eigenvalue weighted by Gasteiger charge is 2.22. The highest BCUT2D eigenvalue weighted by molar-refractivity contribution is 7.71. The number of nitrogens with one attached hydrogen (secondary N) is 1. The van der Waals surface area contributed by atoms with Crippen molar-refractivity contribution in [2.24, 2.45) is 7.05 Å². The van der Waals surface area contributed by atoms with E-state index in [9.17, 15) is 4.79 Å². The summed E-state index contributed by atoms with van der Waals surface area (Å²) in [5.74, 6) is 0.584. The summed E-state index contributed by atoms with van der Waals surface area (Å²) in [6, 6.07) is 0. The van der Waals surface area contributed by atoms with Gasteiger partial charge in [-0.1, -0.05) is 0 Å². The fraction of sp³-hybridized carbons (Fsp3) is 0.417. The Morgan fingerprint density at radius 1 is 1.37 bits per heavy atom. The van der Waals surface area contributed by atoms with Crippen LogP contribution in [0.5, 0.6) is 0 Å². The average molecular weight is 292 g/mol. The maximum atomic E-state index is 12.6. The first-order valence-corrected chi connectivity index (χ1v) is 7.51. The lowest BCUT2D eigenvalue weighted by atomic mass is 9.97. The smallest absolute Gasteiger partial charge is 0.263 e. The molecule has 19 heavy (non-hydrogen) atoms. The molecule has 1 aliphatic carbocycles. The molecule has 7 heteroatoms. The van der Waals surface area contributed by atoms with Gasteiger partial charge in [-0.2, -0.15) is 0 Å². The summed E-state index contributed by atoms with van der Waals surface area (Å²) in [6.07, 6.45) is 4.45. The zero-order valence-electron chi connectivity index (χ0n) is 10.4. The molecule has 3 aromatic heterocycles. The molecule has 5 nitrogen and oxygen atoms in total. The molecule has 3 heterocycles. The van der Waals surface area contributed by atoms with Crippen molar-refractivity contribution in [1.29, 1.82) is 0 Å². The highest BCUT2D eigenvalue weighted by atomic mass is 32.1. The molecule has 4 rings (SSSR count). The van der Waals surface area contributed by atoms with Crippen LogP contribution < -0.4 is 5.56 Å². The Morgan fingerprint density at radius 2 is 2.16 bits per heavy atom. The Hall–Kier alpha value is -1.47. The number of nitrogens with zero attached hydrogens (tertiary/aromatic N) is 3. The lowest BCUT2D eigenvalue weighted by Gasteiger charge is -2.10. The third kappa shape index (κ3) is 1.37. The lowest BCUT2D eigenvalue weighted by Crippen LogP contribution is -2.20. The summed E-state index contributed by atoms with van der Waals surface area (Å²) in [5.41, 5.74) is 1.27. The van der Waals surface area contributed by atoms with E-state index in [0.717, 1.165) is 29.5 Å². The molecule has 1 aliphatic rings. The van der Waals surface area contributed by atoms with Crippen molar-refractivity contribution in [2.75, 3.05) is 0 Å². The zero-order chi connectivity index (χ0) is 13.1. The zero-order valence-corrected chi connectivity index (χ0v) is 12.0. The van der Waals surface area contributed by atoms with Gasteiger partial charge in [-0.15, -0.1) is 16.4 Å². The van der Waals surface area contributed by atoms with Gasteiger partial charge in [0, 0.05) is 11.9 Å². The van der Waals surface area contributed by atoms with Crippen LogP contribution in [0.1, 0.15) is 23.3 Å². The Labute approximate surface area is 117 Å². The fourth-order valence-electron chi connectivity index (χ4n) is 2.88. The molecule has 0 fully saturated rings. The van der Waals surface area contributed by atoms with E-state index in [-0.39, 0.29) is 5.56 Å². The first-order valence-electron chi connectivity index (χ1n) is 6.29. The maximum absolute atomic E-state index is 12.6. The van der Waals surface area contributed by atoms with Gasteiger partial charge in [0.15, 0.2) is 0 Å². The van der Waals surface area contributed by atoms with Crippen LogP contribution >= 0.6 is 23.6 Å². The number of thiophene rings is 1. The van der Waals surface area contributed by atoms with Crippen LogP contribution in [0.15, 0.2) is 4.79 Å². The van der Waals surface area contributed by atoms with E-state index in [1.807, 2.05) is 4.40 Å². The van der Waals surface area contributed by atoms with Crippen molar-refractivity contribution in [3.63, 3.8) is 0 Å². The standard InChI is InChI=1S/C12H12N4OS2/c1-15-9(17)8-6-4-2-3-5-7(6)19-10(8)16-11(15)13-14-12(16)18/h2-5H2,1H3,(H,14,18). The van der Waals surface area contributed by atoms with Crippen molar-refractivity contribution >= 4 is 39.5 Å². The Balaban J connectivity index is 2.35. The third-order valence-electron chi connectivity index (χ3n) is 3.83. The molecule has 0 aromatic carbocycles. The average Bonchev–Trinajstić information content (AvgIpc) is 2.96. The van der Waals surface area contributed by atoms with Gasteiger partial charge < -0.3 is 0 Å². The summed E-state index contributed by atoms with van der Waals surface area (Å²) in [7, 11) is 1.75. The van der Waals surface area contributed by atoms with Gasteiger partial charge in [-0.05, 0) is 43.5 Å². The summed E-state index contributed by atoms with van der Waals surface area (Å²) < 4.78 is 4.01. The molecule has 1 N–H and O–H groups in total. The van der Waals surface area contributed by atoms with Crippen molar-refractivity contribution in [3.8, 4) is 0 Å². The second kappa shape index (κ2) is 3.77. The van der Waals surface area contributed by atoms with E-state index < -0.39 is 0 Å². The molecule has 0 unspecified atom stereocenters. The molecule has 0 saturated heterocycles. The number of rotatable bonds is 0. The number of hydrogen-bond donors (Lipinski definition) is 1. The van der Waals surface area contributed by atoms with E-state index in [0.29, 0.717) is 10.5 Å². The van der Waals surface area contributed by atoms with Crippen LogP contribution in [0.4, 0.5) is 0 Å². The summed E-state index contributed by atoms with van der Waals surface area (Å²) in [6.45, 7) is 0. The van der Waals surface area contributed by atoms with E-state index in [1.54, 1.807) is 23.0 Å². The summed E-state index contributed by atoms with van der Waals surface area (Å²) >= 11 is 6.99. The molecule has 3 aromatic rings. The van der Waals surface area contributed by atoms with E-state index in [2.05, 4.69) is 10.2 Å². The predicted molar refractivity (Wildman–Crippen MR) is 77.6 cm³/mol. The molecule has 0 radical (unpaired) electrons. The van der Waals surface area contributed by atoms with E-state index in [4.69, 9.17) is 12.2 Å². The maximum Gasteiger partial charge on any atom is 0.263 e. The van der Waals surface area contributed by atoms with Crippen LogP contribution in [0.2, 0.25) is 0 Å². The van der Waals surface area contributed by atoms with Crippen LogP contribution in [0, 0.1) is 4.77 Å². The van der Waals surface area contributed by atoms with Gasteiger partial charge >= 0.3 is 0 Å². The normalized spacial score (nSPS) is 15.2. The molecular formula is C12H12N4OS2. The van der Waals surface area contributed by atoms with E-state index in [1.165, 1.54) is 16.9 Å². The number of H-pyrrole nitrogens is 1. The minimum atomic E-state index is 0.0379. The van der Waals surface area contributed by atoms with Gasteiger partial charge in [0.25, 0.3) is 5.56 Å². The van der Waals surface area contributed by atoms with Crippen molar-refractivity contribution in [3.05, 3.63) is 25.6 Å². The van der Waals surface area contributed by atoms with Crippen molar-refractivity contribution in [2.45, 2.75) is 25.7 Å². The molecule has 0 spiro atoms. The molecule has 0 aliphatic heterocycles. The minimum absolute atomic E-state index is 0.0379. The topological polar surface area (TPSA) is 55.1 Å².